The number of para-hydroxylation sites is 1. The van der Waals surface area contributed by atoms with Crippen LogP contribution in [0.1, 0.15) is 32.9 Å². The summed E-state index contributed by atoms with van der Waals surface area (Å²) < 4.78 is 9.49. The predicted octanol–water partition coefficient (Wildman–Crippen LogP) is 4.83. The minimum absolute atomic E-state index is 0.113. The van der Waals surface area contributed by atoms with Gasteiger partial charge in [0.25, 0.3) is 5.91 Å². The lowest BCUT2D eigenvalue weighted by Gasteiger charge is -2.17. The van der Waals surface area contributed by atoms with Crippen LogP contribution in [-0.4, -0.2) is 42.5 Å². The van der Waals surface area contributed by atoms with Crippen LogP contribution in [0.4, 0.5) is 0 Å². The number of benzene rings is 2. The normalized spacial score (nSPS) is 12.7. The maximum Gasteiger partial charge on any atom is 0.272 e. The van der Waals surface area contributed by atoms with Crippen LogP contribution in [0.5, 0.6) is 5.75 Å². The van der Waals surface area contributed by atoms with Crippen LogP contribution in [-0.2, 0) is 13.1 Å². The highest BCUT2D eigenvalue weighted by atomic mass is 16.5. The maximum absolute atomic E-state index is 13.4. The number of aromatic nitrogens is 5. The summed E-state index contributed by atoms with van der Waals surface area (Å²) in [5.41, 5.74) is 7.33. The summed E-state index contributed by atoms with van der Waals surface area (Å²) in [6, 6.07) is 19.7. The molecule has 0 bridgehead atoms. The SMILES string of the molecule is COc1ccccc1-c1cc(C(=O)N2Cc3nn(-c4ccc(C)c(C)c4)c(-n4cccc4)c3C2)[nH]n1. The summed E-state index contributed by atoms with van der Waals surface area (Å²) in [5, 5.41) is 12.2. The fourth-order valence-electron chi connectivity index (χ4n) is 4.72. The zero-order valence-electron chi connectivity index (χ0n) is 20.4. The second-order valence-corrected chi connectivity index (χ2v) is 9.05. The third-order valence-corrected chi connectivity index (χ3v) is 6.79. The number of hydrogen-bond acceptors (Lipinski definition) is 4. The van der Waals surface area contributed by atoms with Gasteiger partial charge in [-0.25, -0.2) is 4.68 Å². The first-order valence-electron chi connectivity index (χ1n) is 11.8. The van der Waals surface area contributed by atoms with Crippen LogP contribution >= 0.6 is 0 Å². The standard InChI is InChI=1S/C28H26N6O2/c1-18-10-11-20(14-19(18)2)34-27(32-12-6-7-13-32)22-16-33(17-25(22)31-34)28(35)24-15-23(29-30-24)21-8-4-5-9-26(21)36-3/h4-15H,16-17H2,1-3H3,(H,29,30). The number of aryl methyl sites for hydroxylation is 2. The lowest BCUT2D eigenvalue weighted by Crippen LogP contribution is -2.26. The summed E-state index contributed by atoms with van der Waals surface area (Å²) in [6.07, 6.45) is 4.02. The molecule has 3 aromatic heterocycles. The molecule has 180 valence electrons. The number of carbonyl (C=O) groups excluding carboxylic acids is 1. The molecule has 6 rings (SSSR count). The van der Waals surface area contributed by atoms with Gasteiger partial charge in [0.2, 0.25) is 0 Å². The van der Waals surface area contributed by atoms with E-state index < -0.39 is 0 Å². The number of nitrogens with zero attached hydrogens (tertiary/aromatic N) is 5. The number of ether oxygens (including phenoxy) is 1. The zero-order chi connectivity index (χ0) is 24.8. The molecule has 0 spiro atoms. The average molecular weight is 479 g/mol. The van der Waals surface area contributed by atoms with Crippen molar-refractivity contribution < 1.29 is 9.53 Å². The highest BCUT2D eigenvalue weighted by molar-refractivity contribution is 5.94. The number of rotatable bonds is 5. The first kappa shape index (κ1) is 21.9. The molecular weight excluding hydrogens is 452 g/mol. The van der Waals surface area contributed by atoms with Crippen LogP contribution in [0.15, 0.2) is 73.1 Å². The van der Waals surface area contributed by atoms with E-state index in [1.54, 1.807) is 18.1 Å². The molecule has 0 aliphatic carbocycles. The average Bonchev–Trinajstić information content (AvgIpc) is 3.69. The van der Waals surface area contributed by atoms with Gasteiger partial charge in [0.1, 0.15) is 17.3 Å². The molecule has 1 amide bonds. The topological polar surface area (TPSA) is 81.0 Å². The molecule has 0 atom stereocenters. The highest BCUT2D eigenvalue weighted by Crippen LogP contribution is 2.33. The molecule has 0 saturated heterocycles. The first-order chi connectivity index (χ1) is 17.5. The van der Waals surface area contributed by atoms with Crippen molar-refractivity contribution in [3.8, 4) is 28.5 Å². The summed E-state index contributed by atoms with van der Waals surface area (Å²) in [4.78, 5) is 15.2. The Morgan fingerprint density at radius 2 is 1.78 bits per heavy atom. The Labute approximate surface area is 208 Å². The Balaban J connectivity index is 1.32. The summed E-state index contributed by atoms with van der Waals surface area (Å²) >= 11 is 0. The van der Waals surface area contributed by atoms with E-state index in [1.807, 2.05) is 53.5 Å². The molecule has 36 heavy (non-hydrogen) atoms. The van der Waals surface area contributed by atoms with Gasteiger partial charge in [-0.1, -0.05) is 18.2 Å². The number of hydrogen-bond donors (Lipinski definition) is 1. The third kappa shape index (κ3) is 3.58. The monoisotopic (exact) mass is 478 g/mol. The van der Waals surface area contributed by atoms with E-state index in [1.165, 1.54) is 11.1 Å². The lowest BCUT2D eigenvalue weighted by molar-refractivity contribution is 0.0743. The van der Waals surface area contributed by atoms with Crippen LogP contribution in [0.3, 0.4) is 0 Å². The second kappa shape index (κ2) is 8.57. The Bertz CT molecular complexity index is 1580. The molecule has 8 heteroatoms. The molecule has 5 aromatic rings. The molecule has 0 unspecified atom stereocenters. The van der Waals surface area contributed by atoms with Gasteiger partial charge in [-0.15, -0.1) is 0 Å². The Kier molecular flexibility index (Phi) is 5.21. The molecule has 0 saturated carbocycles. The van der Waals surface area contributed by atoms with E-state index in [9.17, 15) is 4.79 Å². The summed E-state index contributed by atoms with van der Waals surface area (Å²) in [5.74, 6) is 1.55. The first-order valence-corrected chi connectivity index (χ1v) is 11.8. The van der Waals surface area contributed by atoms with E-state index >= 15 is 0 Å². The molecule has 2 aromatic carbocycles. The van der Waals surface area contributed by atoms with E-state index in [0.717, 1.165) is 28.3 Å². The second-order valence-electron chi connectivity index (χ2n) is 9.05. The Hall–Kier alpha value is -4.59. The van der Waals surface area contributed by atoms with E-state index in [-0.39, 0.29) is 5.91 Å². The third-order valence-electron chi connectivity index (χ3n) is 6.79. The molecule has 1 aliphatic rings. The van der Waals surface area contributed by atoms with Gasteiger partial charge in [0, 0.05) is 23.5 Å². The predicted molar refractivity (Wildman–Crippen MR) is 137 cm³/mol. The van der Waals surface area contributed by atoms with Crippen molar-refractivity contribution in [2.45, 2.75) is 26.9 Å². The number of H-pyrrole nitrogens is 1. The fraction of sp³-hybridized carbons (Fsp3) is 0.179. The fourth-order valence-corrected chi connectivity index (χ4v) is 4.72. The minimum atomic E-state index is -0.113. The van der Waals surface area contributed by atoms with Crippen molar-refractivity contribution >= 4 is 5.91 Å². The van der Waals surface area contributed by atoms with Gasteiger partial charge >= 0.3 is 0 Å². The van der Waals surface area contributed by atoms with Gasteiger partial charge in [-0.3, -0.25) is 9.89 Å². The van der Waals surface area contributed by atoms with E-state index in [0.29, 0.717) is 30.2 Å². The highest BCUT2D eigenvalue weighted by Gasteiger charge is 2.32. The molecular formula is C28H26N6O2. The van der Waals surface area contributed by atoms with Crippen molar-refractivity contribution in [3.63, 3.8) is 0 Å². The summed E-state index contributed by atoms with van der Waals surface area (Å²) in [7, 11) is 1.62. The van der Waals surface area contributed by atoms with Gasteiger partial charge in [-0.2, -0.15) is 10.2 Å². The van der Waals surface area contributed by atoms with Crippen molar-refractivity contribution in [2.24, 2.45) is 0 Å². The number of methoxy groups -OCH3 is 1. The molecule has 1 aliphatic heterocycles. The van der Waals surface area contributed by atoms with Crippen molar-refractivity contribution in [1.82, 2.24) is 29.4 Å². The molecule has 0 radical (unpaired) electrons. The van der Waals surface area contributed by atoms with Crippen molar-refractivity contribution in [1.29, 1.82) is 0 Å². The largest absolute Gasteiger partial charge is 0.496 e. The molecule has 1 N–H and O–H groups in total. The number of amides is 1. The van der Waals surface area contributed by atoms with E-state index in [2.05, 4.69) is 46.8 Å². The summed E-state index contributed by atoms with van der Waals surface area (Å²) in [6.45, 7) is 5.11. The van der Waals surface area contributed by atoms with E-state index in [4.69, 9.17) is 9.84 Å². The maximum atomic E-state index is 13.4. The molecule has 8 nitrogen and oxygen atoms in total. The van der Waals surface area contributed by atoms with Crippen molar-refractivity contribution in [3.05, 3.63) is 101 Å². The number of carbonyl (C=O) groups is 1. The van der Waals surface area contributed by atoms with Gasteiger partial charge in [0.15, 0.2) is 0 Å². The van der Waals surface area contributed by atoms with Crippen LogP contribution in [0.25, 0.3) is 22.8 Å². The van der Waals surface area contributed by atoms with Crippen LogP contribution < -0.4 is 4.74 Å². The number of fused-ring (bicyclic) bond motifs is 1. The zero-order valence-corrected chi connectivity index (χ0v) is 20.4. The quantitative estimate of drug-likeness (QED) is 0.392. The van der Waals surface area contributed by atoms with Crippen molar-refractivity contribution in [2.75, 3.05) is 7.11 Å². The molecule has 0 fully saturated rings. The smallest absolute Gasteiger partial charge is 0.272 e. The van der Waals surface area contributed by atoms with Gasteiger partial charge in [-0.05, 0) is 67.4 Å². The number of nitrogens with one attached hydrogen (secondary N) is 1. The Morgan fingerprint density at radius 1 is 0.972 bits per heavy atom. The van der Waals surface area contributed by atoms with Gasteiger partial charge < -0.3 is 14.2 Å². The van der Waals surface area contributed by atoms with Crippen LogP contribution in [0, 0.1) is 13.8 Å². The van der Waals surface area contributed by atoms with Gasteiger partial charge in [0.05, 0.1) is 37.3 Å². The molecule has 4 heterocycles. The Morgan fingerprint density at radius 3 is 2.56 bits per heavy atom. The minimum Gasteiger partial charge on any atom is -0.496 e. The van der Waals surface area contributed by atoms with Crippen LogP contribution in [0.2, 0.25) is 0 Å². The number of aromatic amines is 1. The lowest BCUT2D eigenvalue weighted by atomic mass is 10.1.